The van der Waals surface area contributed by atoms with Crippen molar-refractivity contribution in [3.05, 3.63) is 35.4 Å². The number of benzene rings is 1. The Morgan fingerprint density at radius 2 is 2.00 bits per heavy atom. The third-order valence-corrected chi connectivity index (χ3v) is 3.44. The molecule has 116 valence electrons. The normalized spacial score (nSPS) is 11.7. The fraction of sp³-hybridized carbons (Fsp3) is 0.500. The fourth-order valence-corrected chi connectivity index (χ4v) is 2.34. The number of amidine groups is 1. The van der Waals surface area contributed by atoms with Crippen LogP contribution in [0.1, 0.15) is 50.7 Å². The molecule has 0 bridgehead atoms. The molecule has 0 atom stereocenters. The minimum absolute atomic E-state index is 0.0676. The van der Waals surface area contributed by atoms with Crippen LogP contribution in [0.15, 0.2) is 29.4 Å². The molecule has 1 aromatic rings. The monoisotopic (exact) mass is 291 g/mol. The van der Waals surface area contributed by atoms with E-state index in [0.717, 1.165) is 31.2 Å². The quantitative estimate of drug-likeness (QED) is 0.298. The minimum Gasteiger partial charge on any atom is -0.409 e. The number of carbonyl (C=O) groups excluding carboxylic acids is 1. The number of hydrogen-bond donors (Lipinski definition) is 3. The van der Waals surface area contributed by atoms with Gasteiger partial charge < -0.3 is 16.3 Å². The van der Waals surface area contributed by atoms with Gasteiger partial charge in [0.1, 0.15) is 0 Å². The molecule has 5 heteroatoms. The topological polar surface area (TPSA) is 87.7 Å². The summed E-state index contributed by atoms with van der Waals surface area (Å²) in [6, 6.07) is 7.30. The number of carbonyl (C=O) groups is 1. The van der Waals surface area contributed by atoms with Crippen molar-refractivity contribution in [2.45, 2.75) is 46.1 Å². The number of hydrogen-bond acceptors (Lipinski definition) is 3. The highest BCUT2D eigenvalue weighted by Crippen LogP contribution is 2.14. The number of oxime groups is 1. The average Bonchev–Trinajstić information content (AvgIpc) is 2.51. The molecule has 1 rings (SSSR count). The van der Waals surface area contributed by atoms with Gasteiger partial charge in [0.15, 0.2) is 5.84 Å². The average molecular weight is 291 g/mol. The van der Waals surface area contributed by atoms with Crippen LogP contribution in [0.25, 0.3) is 0 Å². The van der Waals surface area contributed by atoms with Gasteiger partial charge >= 0.3 is 0 Å². The molecule has 0 aliphatic heterocycles. The van der Waals surface area contributed by atoms with Crippen molar-refractivity contribution >= 4 is 11.7 Å². The van der Waals surface area contributed by atoms with E-state index >= 15 is 0 Å². The lowest BCUT2D eigenvalue weighted by Crippen LogP contribution is -2.30. The van der Waals surface area contributed by atoms with Gasteiger partial charge in [-0.3, -0.25) is 4.79 Å². The predicted molar refractivity (Wildman–Crippen MR) is 84.1 cm³/mol. The van der Waals surface area contributed by atoms with E-state index in [9.17, 15) is 4.79 Å². The molecule has 0 aliphatic rings. The van der Waals surface area contributed by atoms with Crippen LogP contribution in [-0.2, 0) is 11.3 Å². The smallest absolute Gasteiger partial charge is 0.223 e. The summed E-state index contributed by atoms with van der Waals surface area (Å²) in [4.78, 5) is 12.2. The zero-order chi connectivity index (χ0) is 15.7. The minimum atomic E-state index is 0.0676. The Balaban J connectivity index is 2.63. The van der Waals surface area contributed by atoms with E-state index in [1.165, 1.54) is 0 Å². The van der Waals surface area contributed by atoms with Crippen molar-refractivity contribution in [1.29, 1.82) is 0 Å². The molecular formula is C16H25N3O2. The third kappa shape index (κ3) is 5.45. The molecule has 0 fully saturated rings. The summed E-state index contributed by atoms with van der Waals surface area (Å²) >= 11 is 0. The van der Waals surface area contributed by atoms with Gasteiger partial charge in [0, 0.05) is 18.0 Å². The molecule has 0 aliphatic carbocycles. The maximum atomic E-state index is 12.2. The highest BCUT2D eigenvalue weighted by Gasteiger charge is 2.16. The Kier molecular flexibility index (Phi) is 7.29. The van der Waals surface area contributed by atoms with Crippen molar-refractivity contribution < 1.29 is 10.0 Å². The Labute approximate surface area is 126 Å². The summed E-state index contributed by atoms with van der Waals surface area (Å²) in [7, 11) is 0. The van der Waals surface area contributed by atoms with Crippen LogP contribution < -0.4 is 11.1 Å². The summed E-state index contributed by atoms with van der Waals surface area (Å²) in [6.45, 7) is 4.64. The Bertz CT molecular complexity index is 480. The van der Waals surface area contributed by atoms with Crippen molar-refractivity contribution in [3.8, 4) is 0 Å². The second-order valence-corrected chi connectivity index (χ2v) is 5.18. The summed E-state index contributed by atoms with van der Waals surface area (Å²) in [5, 5.41) is 14.6. The third-order valence-electron chi connectivity index (χ3n) is 3.44. The number of nitrogens with zero attached hydrogens (tertiary/aromatic N) is 1. The van der Waals surface area contributed by atoms with E-state index in [2.05, 4.69) is 24.3 Å². The largest absolute Gasteiger partial charge is 0.409 e. The highest BCUT2D eigenvalue weighted by atomic mass is 16.4. The van der Waals surface area contributed by atoms with Crippen LogP contribution in [0.2, 0.25) is 0 Å². The Morgan fingerprint density at radius 1 is 1.33 bits per heavy atom. The molecule has 0 aromatic heterocycles. The molecule has 1 amide bonds. The van der Waals surface area contributed by atoms with Crippen molar-refractivity contribution in [1.82, 2.24) is 5.32 Å². The summed E-state index contributed by atoms with van der Waals surface area (Å²) < 4.78 is 0. The first-order chi connectivity index (χ1) is 10.1. The molecule has 1 aromatic carbocycles. The van der Waals surface area contributed by atoms with Gasteiger partial charge in [-0.15, -0.1) is 0 Å². The lowest BCUT2D eigenvalue weighted by atomic mass is 9.97. The zero-order valence-electron chi connectivity index (χ0n) is 12.8. The highest BCUT2D eigenvalue weighted by molar-refractivity contribution is 5.97. The molecule has 21 heavy (non-hydrogen) atoms. The predicted octanol–water partition coefficient (Wildman–Crippen LogP) is 2.61. The van der Waals surface area contributed by atoms with Crippen LogP contribution in [0.4, 0.5) is 0 Å². The zero-order valence-corrected chi connectivity index (χ0v) is 12.8. The number of rotatable bonds is 8. The van der Waals surface area contributed by atoms with Gasteiger partial charge in [0.2, 0.25) is 5.91 Å². The van der Waals surface area contributed by atoms with Crippen LogP contribution in [0.5, 0.6) is 0 Å². The van der Waals surface area contributed by atoms with Crippen molar-refractivity contribution in [2.75, 3.05) is 0 Å². The van der Waals surface area contributed by atoms with Crippen LogP contribution in [0, 0.1) is 5.92 Å². The first-order valence-corrected chi connectivity index (χ1v) is 7.46. The van der Waals surface area contributed by atoms with Gasteiger partial charge in [0.25, 0.3) is 0 Å². The van der Waals surface area contributed by atoms with Crippen molar-refractivity contribution in [2.24, 2.45) is 16.8 Å². The molecule has 0 spiro atoms. The number of nitrogens with one attached hydrogen (secondary N) is 1. The van der Waals surface area contributed by atoms with E-state index in [4.69, 9.17) is 10.9 Å². The van der Waals surface area contributed by atoms with E-state index in [-0.39, 0.29) is 17.7 Å². The van der Waals surface area contributed by atoms with Gasteiger partial charge in [-0.2, -0.15) is 0 Å². The van der Waals surface area contributed by atoms with E-state index in [1.807, 2.05) is 18.2 Å². The van der Waals surface area contributed by atoms with E-state index in [0.29, 0.717) is 12.1 Å². The molecule has 0 heterocycles. The van der Waals surface area contributed by atoms with Gasteiger partial charge in [-0.1, -0.05) is 50.0 Å². The van der Waals surface area contributed by atoms with E-state index < -0.39 is 0 Å². The second-order valence-electron chi connectivity index (χ2n) is 5.18. The van der Waals surface area contributed by atoms with Gasteiger partial charge in [-0.05, 0) is 24.5 Å². The molecule has 0 unspecified atom stereocenters. The summed E-state index contributed by atoms with van der Waals surface area (Å²) in [5.41, 5.74) is 7.13. The Morgan fingerprint density at radius 3 is 2.57 bits per heavy atom. The van der Waals surface area contributed by atoms with E-state index in [1.54, 1.807) is 6.07 Å². The molecule has 0 saturated carbocycles. The van der Waals surface area contributed by atoms with Crippen LogP contribution >= 0.6 is 0 Å². The molecular weight excluding hydrogens is 266 g/mol. The maximum Gasteiger partial charge on any atom is 0.223 e. The Hall–Kier alpha value is -2.04. The molecule has 5 nitrogen and oxygen atoms in total. The van der Waals surface area contributed by atoms with Crippen LogP contribution in [0.3, 0.4) is 0 Å². The molecule has 0 saturated heterocycles. The lowest BCUT2D eigenvalue weighted by Gasteiger charge is -2.15. The SMILES string of the molecule is CCCC(CCC)C(=O)NCc1cccc(/C(N)=N/O)c1. The summed E-state index contributed by atoms with van der Waals surface area (Å²) in [6.07, 6.45) is 3.86. The van der Waals surface area contributed by atoms with Crippen LogP contribution in [-0.4, -0.2) is 17.0 Å². The first kappa shape index (κ1) is 17.0. The van der Waals surface area contributed by atoms with Crippen molar-refractivity contribution in [3.63, 3.8) is 0 Å². The van der Waals surface area contributed by atoms with Gasteiger partial charge in [0.05, 0.1) is 0 Å². The molecule has 4 N–H and O–H groups in total. The standard InChI is InChI=1S/C16H25N3O2/c1-3-6-13(7-4-2)16(20)18-11-12-8-5-9-14(10-12)15(17)19-21/h5,8-10,13,21H,3-4,6-7,11H2,1-2H3,(H2,17,19)(H,18,20). The molecule has 0 radical (unpaired) electrons. The van der Waals surface area contributed by atoms with Gasteiger partial charge in [-0.25, -0.2) is 0 Å². The number of amides is 1. The fourth-order valence-electron chi connectivity index (χ4n) is 2.34. The number of nitrogens with two attached hydrogens (primary N) is 1. The lowest BCUT2D eigenvalue weighted by molar-refractivity contribution is -0.125. The maximum absolute atomic E-state index is 12.2. The first-order valence-electron chi connectivity index (χ1n) is 7.46. The summed E-state index contributed by atoms with van der Waals surface area (Å²) in [5.74, 6) is 0.262. The second kappa shape index (κ2) is 9.00.